The Labute approximate surface area is 184 Å². The summed E-state index contributed by atoms with van der Waals surface area (Å²) in [6.45, 7) is 2.40. The molecule has 3 heterocycles. The maximum Gasteiger partial charge on any atom is 0.228 e. The molecule has 2 aromatic rings. The second-order valence-corrected chi connectivity index (χ2v) is 9.48. The summed E-state index contributed by atoms with van der Waals surface area (Å²) in [6.07, 6.45) is 1.09. The topological polar surface area (TPSA) is 60.9 Å². The Morgan fingerprint density at radius 2 is 1.65 bits per heavy atom. The second-order valence-electron chi connectivity index (χ2n) is 8.50. The van der Waals surface area contributed by atoms with Crippen LogP contribution in [0.2, 0.25) is 0 Å². The first-order chi connectivity index (χ1) is 15.0. The van der Waals surface area contributed by atoms with Crippen molar-refractivity contribution in [3.63, 3.8) is 0 Å². The zero-order valence-corrected chi connectivity index (χ0v) is 17.9. The molecule has 0 N–H and O–H groups in total. The number of halogens is 1. The normalized spacial score (nSPS) is 25.8. The zero-order chi connectivity index (χ0) is 21.5. The van der Waals surface area contributed by atoms with E-state index in [-0.39, 0.29) is 35.9 Å². The van der Waals surface area contributed by atoms with Crippen LogP contribution in [0.5, 0.6) is 0 Å². The fourth-order valence-electron chi connectivity index (χ4n) is 4.67. The molecule has 2 aliphatic heterocycles. The number of benzene rings is 1. The standard InChI is InChI=1S/C23H24FN3O3S/c24-16-3-5-17(6-4-16)27-14-15(12-21(27)28)22(29)25-7-9-26(10-8-25)23(30)19-13-18(19)20-2-1-11-31-20/h1-6,11,15,18-19H,7-10,12-14H2. The molecule has 1 aliphatic carbocycles. The largest absolute Gasteiger partial charge is 0.339 e. The minimum Gasteiger partial charge on any atom is -0.339 e. The lowest BCUT2D eigenvalue weighted by atomic mass is 10.1. The number of thiophene rings is 1. The lowest BCUT2D eigenvalue weighted by Crippen LogP contribution is -2.52. The summed E-state index contributed by atoms with van der Waals surface area (Å²) < 4.78 is 13.2. The van der Waals surface area contributed by atoms with Crippen LogP contribution >= 0.6 is 11.3 Å². The van der Waals surface area contributed by atoms with Crippen molar-refractivity contribution < 1.29 is 18.8 Å². The molecule has 6 nitrogen and oxygen atoms in total. The van der Waals surface area contributed by atoms with Gasteiger partial charge in [-0.15, -0.1) is 11.3 Å². The Balaban J connectivity index is 1.14. The highest BCUT2D eigenvalue weighted by Crippen LogP contribution is 2.50. The summed E-state index contributed by atoms with van der Waals surface area (Å²) in [5.41, 5.74) is 0.613. The summed E-state index contributed by atoms with van der Waals surface area (Å²) >= 11 is 1.71. The van der Waals surface area contributed by atoms with Gasteiger partial charge in [-0.05, 0) is 42.1 Å². The molecule has 3 unspecified atom stereocenters. The highest BCUT2D eigenvalue weighted by Gasteiger charge is 2.47. The van der Waals surface area contributed by atoms with Crippen molar-refractivity contribution in [3.05, 3.63) is 52.5 Å². The number of rotatable bonds is 4. The van der Waals surface area contributed by atoms with Gasteiger partial charge < -0.3 is 14.7 Å². The molecule has 0 spiro atoms. The Morgan fingerprint density at radius 1 is 0.968 bits per heavy atom. The average Bonchev–Trinajstić information content (AvgIpc) is 3.20. The van der Waals surface area contributed by atoms with Crippen molar-refractivity contribution in [2.75, 3.05) is 37.6 Å². The third-order valence-corrected chi connectivity index (χ3v) is 7.54. The lowest BCUT2D eigenvalue weighted by molar-refractivity contribution is -0.142. The van der Waals surface area contributed by atoms with Crippen molar-refractivity contribution in [3.8, 4) is 0 Å². The van der Waals surface area contributed by atoms with Crippen LogP contribution in [0.1, 0.15) is 23.6 Å². The van der Waals surface area contributed by atoms with E-state index in [0.717, 1.165) is 6.42 Å². The molecular formula is C23H24FN3O3S. The van der Waals surface area contributed by atoms with Gasteiger partial charge in [0, 0.05) is 61.5 Å². The first-order valence-corrected chi connectivity index (χ1v) is 11.6. The second kappa shape index (κ2) is 8.07. The molecule has 3 atom stereocenters. The van der Waals surface area contributed by atoms with Gasteiger partial charge in [-0.3, -0.25) is 14.4 Å². The summed E-state index contributed by atoms with van der Waals surface area (Å²) in [4.78, 5) is 44.7. The Hall–Kier alpha value is -2.74. The molecule has 31 heavy (non-hydrogen) atoms. The van der Waals surface area contributed by atoms with Gasteiger partial charge in [0.15, 0.2) is 0 Å². The average molecular weight is 442 g/mol. The highest BCUT2D eigenvalue weighted by atomic mass is 32.1. The monoisotopic (exact) mass is 441 g/mol. The fraction of sp³-hybridized carbons (Fsp3) is 0.435. The van der Waals surface area contributed by atoms with Crippen LogP contribution in [0.3, 0.4) is 0 Å². The fourth-order valence-corrected chi connectivity index (χ4v) is 5.57. The number of nitrogens with zero attached hydrogens (tertiary/aromatic N) is 3. The predicted octanol–water partition coefficient (Wildman–Crippen LogP) is 2.71. The van der Waals surface area contributed by atoms with E-state index < -0.39 is 5.92 Å². The molecule has 3 aliphatic rings. The highest BCUT2D eigenvalue weighted by molar-refractivity contribution is 7.10. The van der Waals surface area contributed by atoms with E-state index in [1.54, 1.807) is 33.3 Å². The molecular weight excluding hydrogens is 417 g/mol. The van der Waals surface area contributed by atoms with Crippen LogP contribution < -0.4 is 4.90 Å². The molecule has 2 saturated heterocycles. The number of anilines is 1. The van der Waals surface area contributed by atoms with E-state index in [9.17, 15) is 18.8 Å². The van der Waals surface area contributed by atoms with Gasteiger partial charge in [0.1, 0.15) is 5.82 Å². The minimum absolute atomic E-state index is 0.0343. The van der Waals surface area contributed by atoms with Crippen LogP contribution in [0.4, 0.5) is 10.1 Å². The van der Waals surface area contributed by atoms with Gasteiger partial charge in [-0.1, -0.05) is 6.07 Å². The maximum absolute atomic E-state index is 13.2. The van der Waals surface area contributed by atoms with E-state index in [1.807, 2.05) is 16.3 Å². The van der Waals surface area contributed by atoms with Gasteiger partial charge >= 0.3 is 0 Å². The quantitative estimate of drug-likeness (QED) is 0.733. The van der Waals surface area contributed by atoms with Crippen molar-refractivity contribution in [2.24, 2.45) is 11.8 Å². The number of hydrogen-bond acceptors (Lipinski definition) is 4. The lowest BCUT2D eigenvalue weighted by Gasteiger charge is -2.36. The molecule has 5 rings (SSSR count). The molecule has 1 aromatic carbocycles. The van der Waals surface area contributed by atoms with Gasteiger partial charge in [0.05, 0.1) is 5.92 Å². The third-order valence-electron chi connectivity index (χ3n) is 6.53. The van der Waals surface area contributed by atoms with Gasteiger partial charge in [0.25, 0.3) is 0 Å². The van der Waals surface area contributed by atoms with E-state index >= 15 is 0 Å². The van der Waals surface area contributed by atoms with Crippen LogP contribution in [-0.2, 0) is 14.4 Å². The van der Waals surface area contributed by atoms with Gasteiger partial charge in [-0.25, -0.2) is 4.39 Å². The van der Waals surface area contributed by atoms with Crippen molar-refractivity contribution >= 4 is 34.7 Å². The number of amides is 3. The summed E-state index contributed by atoms with van der Waals surface area (Å²) in [5, 5.41) is 2.05. The number of piperazine rings is 1. The SMILES string of the molecule is O=C(C1CC(=O)N(c2ccc(F)cc2)C1)N1CCN(C(=O)C2CC2c2cccs2)CC1. The van der Waals surface area contributed by atoms with Crippen molar-refractivity contribution in [2.45, 2.75) is 18.8 Å². The van der Waals surface area contributed by atoms with Crippen LogP contribution in [0, 0.1) is 17.7 Å². The predicted molar refractivity (Wildman–Crippen MR) is 115 cm³/mol. The molecule has 0 bridgehead atoms. The molecule has 1 saturated carbocycles. The zero-order valence-electron chi connectivity index (χ0n) is 17.1. The summed E-state index contributed by atoms with van der Waals surface area (Å²) in [7, 11) is 0. The molecule has 3 fully saturated rings. The first-order valence-electron chi connectivity index (χ1n) is 10.7. The van der Waals surface area contributed by atoms with E-state index in [2.05, 4.69) is 6.07 Å². The molecule has 162 valence electrons. The Bertz CT molecular complexity index is 986. The summed E-state index contributed by atoms with van der Waals surface area (Å²) in [5.74, 6) is -0.273. The molecule has 0 radical (unpaired) electrons. The molecule has 3 amide bonds. The molecule has 8 heteroatoms. The third kappa shape index (κ3) is 3.96. The minimum atomic E-state index is -0.397. The van der Waals surface area contributed by atoms with Crippen LogP contribution in [0.15, 0.2) is 41.8 Å². The van der Waals surface area contributed by atoms with Gasteiger partial charge in [-0.2, -0.15) is 0 Å². The maximum atomic E-state index is 13.2. The van der Waals surface area contributed by atoms with E-state index in [0.29, 0.717) is 44.3 Å². The smallest absolute Gasteiger partial charge is 0.228 e. The molecule has 1 aromatic heterocycles. The van der Waals surface area contributed by atoms with Gasteiger partial charge in [0.2, 0.25) is 17.7 Å². The number of hydrogen-bond donors (Lipinski definition) is 0. The Kier molecular flexibility index (Phi) is 5.25. The Morgan fingerprint density at radius 3 is 2.29 bits per heavy atom. The summed E-state index contributed by atoms with van der Waals surface area (Å²) in [6, 6.07) is 9.87. The number of carbonyl (C=O) groups excluding carboxylic acids is 3. The van der Waals surface area contributed by atoms with Crippen LogP contribution in [-0.4, -0.2) is 60.2 Å². The van der Waals surface area contributed by atoms with Crippen molar-refractivity contribution in [1.82, 2.24) is 9.80 Å². The van der Waals surface area contributed by atoms with Crippen molar-refractivity contribution in [1.29, 1.82) is 0 Å². The van der Waals surface area contributed by atoms with E-state index in [4.69, 9.17) is 0 Å². The number of carbonyl (C=O) groups is 3. The van der Waals surface area contributed by atoms with Crippen LogP contribution in [0.25, 0.3) is 0 Å². The van der Waals surface area contributed by atoms with E-state index in [1.165, 1.54) is 17.0 Å². The first kappa shape index (κ1) is 20.2.